The van der Waals surface area contributed by atoms with Gasteiger partial charge in [-0.15, -0.1) is 0 Å². The molecule has 0 aliphatic carbocycles. The zero-order chi connectivity index (χ0) is 15.6. The van der Waals surface area contributed by atoms with Crippen molar-refractivity contribution in [2.24, 2.45) is 11.8 Å². The predicted octanol–water partition coefficient (Wildman–Crippen LogP) is 0.640. The van der Waals surface area contributed by atoms with Crippen LogP contribution in [0.1, 0.15) is 16.8 Å². The second-order valence-electron chi connectivity index (χ2n) is 4.95. The number of benzene rings is 1. The van der Waals surface area contributed by atoms with Gasteiger partial charge in [0.1, 0.15) is 5.75 Å². The second kappa shape index (κ2) is 5.82. The van der Waals surface area contributed by atoms with Crippen molar-refractivity contribution in [1.29, 1.82) is 0 Å². The summed E-state index contributed by atoms with van der Waals surface area (Å²) in [4.78, 5) is 35.8. The normalized spacial score (nSPS) is 21.8. The number of hydrogen-bond acceptors (Lipinski definition) is 4. The first-order valence-electron chi connectivity index (χ1n) is 6.44. The summed E-state index contributed by atoms with van der Waals surface area (Å²) in [7, 11) is 0. The van der Waals surface area contributed by atoms with Crippen LogP contribution in [-0.4, -0.2) is 51.2 Å². The van der Waals surface area contributed by atoms with Gasteiger partial charge in [0.2, 0.25) is 0 Å². The van der Waals surface area contributed by atoms with Crippen LogP contribution in [0.3, 0.4) is 0 Å². The van der Waals surface area contributed by atoms with Crippen molar-refractivity contribution < 1.29 is 29.7 Å². The molecule has 7 nitrogen and oxygen atoms in total. The summed E-state index contributed by atoms with van der Waals surface area (Å²) >= 11 is 0. The maximum absolute atomic E-state index is 12.3. The summed E-state index contributed by atoms with van der Waals surface area (Å²) in [6.07, 6.45) is 0.0750. The molecule has 2 atom stereocenters. The van der Waals surface area contributed by atoms with Crippen molar-refractivity contribution in [2.45, 2.75) is 6.42 Å². The first-order chi connectivity index (χ1) is 9.91. The number of para-hydroxylation sites is 1. The average Bonchev–Trinajstić information content (AvgIpc) is 2.46. The van der Waals surface area contributed by atoms with Crippen molar-refractivity contribution in [1.82, 2.24) is 4.90 Å². The van der Waals surface area contributed by atoms with Gasteiger partial charge in [-0.1, -0.05) is 12.1 Å². The topological polar surface area (TPSA) is 115 Å². The van der Waals surface area contributed by atoms with Crippen LogP contribution in [0, 0.1) is 11.8 Å². The molecule has 21 heavy (non-hydrogen) atoms. The number of phenolic OH excluding ortho intramolecular Hbond substituents is 1. The Hall–Kier alpha value is -2.57. The number of hydrogen-bond donors (Lipinski definition) is 3. The highest BCUT2D eigenvalue weighted by atomic mass is 16.4. The fourth-order valence-electron chi connectivity index (χ4n) is 2.51. The number of aliphatic carboxylic acids is 2. The molecular weight excluding hydrogens is 278 g/mol. The van der Waals surface area contributed by atoms with Crippen molar-refractivity contribution in [3.05, 3.63) is 29.8 Å². The third kappa shape index (κ3) is 2.96. The van der Waals surface area contributed by atoms with Gasteiger partial charge in [0.25, 0.3) is 5.91 Å². The SMILES string of the molecule is O=C(O)C1CCN(C(=O)c2ccccc2O)CC1C(=O)O. The van der Waals surface area contributed by atoms with Gasteiger partial charge in [-0.3, -0.25) is 14.4 Å². The molecule has 0 radical (unpaired) electrons. The summed E-state index contributed by atoms with van der Waals surface area (Å²) in [6.45, 7) is -0.0343. The Morgan fingerprint density at radius 2 is 1.67 bits per heavy atom. The predicted molar refractivity (Wildman–Crippen MR) is 70.9 cm³/mol. The zero-order valence-corrected chi connectivity index (χ0v) is 11.1. The number of carbonyl (C=O) groups is 3. The van der Waals surface area contributed by atoms with Gasteiger partial charge in [0, 0.05) is 13.1 Å². The highest BCUT2D eigenvalue weighted by Crippen LogP contribution is 2.27. The Morgan fingerprint density at radius 1 is 1.05 bits per heavy atom. The number of piperidine rings is 1. The van der Waals surface area contributed by atoms with Crippen LogP contribution in [0.2, 0.25) is 0 Å². The molecule has 1 aliphatic rings. The summed E-state index contributed by atoms with van der Waals surface area (Å²) in [5, 5.41) is 27.8. The van der Waals surface area contributed by atoms with Crippen molar-refractivity contribution in [2.75, 3.05) is 13.1 Å². The number of amides is 1. The van der Waals surface area contributed by atoms with E-state index >= 15 is 0 Å². The Labute approximate surface area is 120 Å². The van der Waals surface area contributed by atoms with E-state index in [0.717, 1.165) is 0 Å². The summed E-state index contributed by atoms with van der Waals surface area (Å²) in [5.74, 6) is -5.24. The summed E-state index contributed by atoms with van der Waals surface area (Å²) < 4.78 is 0. The van der Waals surface area contributed by atoms with Gasteiger partial charge in [-0.05, 0) is 18.6 Å². The van der Waals surface area contributed by atoms with E-state index in [4.69, 9.17) is 10.2 Å². The second-order valence-corrected chi connectivity index (χ2v) is 4.95. The van der Waals surface area contributed by atoms with E-state index in [-0.39, 0.29) is 30.8 Å². The lowest BCUT2D eigenvalue weighted by Crippen LogP contribution is -2.48. The molecule has 0 aromatic heterocycles. The number of likely N-dealkylation sites (tertiary alicyclic amines) is 1. The fourth-order valence-corrected chi connectivity index (χ4v) is 2.51. The molecule has 2 unspecified atom stereocenters. The molecule has 1 aliphatic heterocycles. The van der Waals surface area contributed by atoms with Crippen LogP contribution in [0.5, 0.6) is 5.75 Å². The van der Waals surface area contributed by atoms with Crippen LogP contribution in [0.25, 0.3) is 0 Å². The first kappa shape index (κ1) is 14.8. The molecule has 1 amide bonds. The summed E-state index contributed by atoms with van der Waals surface area (Å²) in [5.41, 5.74) is 0.0791. The Balaban J connectivity index is 2.20. The average molecular weight is 293 g/mol. The Morgan fingerprint density at radius 3 is 2.24 bits per heavy atom. The number of rotatable bonds is 3. The lowest BCUT2D eigenvalue weighted by Gasteiger charge is -2.34. The molecule has 0 bridgehead atoms. The third-order valence-corrected chi connectivity index (χ3v) is 3.67. The van der Waals surface area contributed by atoms with Gasteiger partial charge in [0.05, 0.1) is 17.4 Å². The lowest BCUT2D eigenvalue weighted by molar-refractivity contribution is -0.156. The van der Waals surface area contributed by atoms with Crippen molar-refractivity contribution in [3.8, 4) is 5.75 Å². The van der Waals surface area contributed by atoms with Gasteiger partial charge >= 0.3 is 11.9 Å². The quantitative estimate of drug-likeness (QED) is 0.753. The van der Waals surface area contributed by atoms with Crippen LogP contribution in [0.4, 0.5) is 0 Å². The minimum absolute atomic E-state index is 0.0750. The maximum Gasteiger partial charge on any atom is 0.309 e. The maximum atomic E-state index is 12.3. The molecule has 1 aromatic rings. The molecule has 2 rings (SSSR count). The molecule has 1 aromatic carbocycles. The smallest absolute Gasteiger partial charge is 0.309 e. The highest BCUT2D eigenvalue weighted by Gasteiger charge is 2.40. The van der Waals surface area contributed by atoms with E-state index in [1.54, 1.807) is 12.1 Å². The summed E-state index contributed by atoms with van der Waals surface area (Å²) in [6, 6.07) is 5.97. The van der Waals surface area contributed by atoms with Gasteiger partial charge in [-0.2, -0.15) is 0 Å². The van der Waals surface area contributed by atoms with E-state index in [9.17, 15) is 19.5 Å². The van der Waals surface area contributed by atoms with Gasteiger partial charge in [-0.25, -0.2) is 0 Å². The van der Waals surface area contributed by atoms with E-state index < -0.39 is 29.7 Å². The van der Waals surface area contributed by atoms with Crippen molar-refractivity contribution in [3.63, 3.8) is 0 Å². The largest absolute Gasteiger partial charge is 0.507 e. The number of carboxylic acids is 2. The molecular formula is C14H15NO6. The number of carboxylic acid groups (broad SMARTS) is 2. The molecule has 112 valence electrons. The zero-order valence-electron chi connectivity index (χ0n) is 11.1. The van der Waals surface area contributed by atoms with Crippen LogP contribution in [-0.2, 0) is 9.59 Å². The molecule has 7 heteroatoms. The van der Waals surface area contributed by atoms with E-state index in [2.05, 4.69) is 0 Å². The standard InChI is InChI=1S/C14H15NO6/c16-11-4-2-1-3-9(11)12(17)15-6-5-8(13(18)19)10(7-15)14(20)21/h1-4,8,10,16H,5-7H2,(H,18,19)(H,20,21). The molecule has 0 saturated carbocycles. The van der Waals surface area contributed by atoms with E-state index in [1.807, 2.05) is 0 Å². The fraction of sp³-hybridized carbons (Fsp3) is 0.357. The molecule has 1 heterocycles. The minimum Gasteiger partial charge on any atom is -0.507 e. The van der Waals surface area contributed by atoms with Crippen LogP contribution in [0.15, 0.2) is 24.3 Å². The number of aromatic hydroxyl groups is 1. The highest BCUT2D eigenvalue weighted by molar-refractivity contribution is 5.97. The molecule has 3 N–H and O–H groups in total. The molecule has 1 saturated heterocycles. The molecule has 1 fully saturated rings. The Kier molecular flexibility index (Phi) is 4.11. The van der Waals surface area contributed by atoms with E-state index in [1.165, 1.54) is 17.0 Å². The first-order valence-corrected chi connectivity index (χ1v) is 6.44. The van der Waals surface area contributed by atoms with Crippen LogP contribution >= 0.6 is 0 Å². The van der Waals surface area contributed by atoms with Crippen LogP contribution < -0.4 is 0 Å². The minimum atomic E-state index is -1.24. The third-order valence-electron chi connectivity index (χ3n) is 3.67. The van der Waals surface area contributed by atoms with E-state index in [0.29, 0.717) is 0 Å². The molecule has 0 spiro atoms. The number of phenols is 1. The van der Waals surface area contributed by atoms with Gasteiger partial charge in [0.15, 0.2) is 0 Å². The Bertz CT molecular complexity index is 585. The lowest BCUT2D eigenvalue weighted by atomic mass is 9.85. The number of carbonyl (C=O) groups excluding carboxylic acids is 1. The van der Waals surface area contributed by atoms with Crippen molar-refractivity contribution >= 4 is 17.8 Å². The number of nitrogens with zero attached hydrogens (tertiary/aromatic N) is 1. The van der Waals surface area contributed by atoms with Gasteiger partial charge < -0.3 is 20.2 Å². The monoisotopic (exact) mass is 293 g/mol.